The Hall–Kier alpha value is -4.90. The first-order valence-corrected chi connectivity index (χ1v) is 13.1. The molecule has 5 aromatic carbocycles. The zero-order valence-electron chi connectivity index (χ0n) is 21.8. The Labute approximate surface area is 230 Å². The van der Waals surface area contributed by atoms with E-state index in [9.17, 15) is 18.4 Å². The molecule has 7 rings (SSSR count). The summed E-state index contributed by atoms with van der Waals surface area (Å²) in [5, 5.41) is 2.03. The normalized spacial score (nSPS) is 15.2. The molecule has 0 saturated carbocycles. The Morgan fingerprint density at radius 1 is 0.700 bits per heavy atom. The number of rotatable bonds is 2. The third-order valence-corrected chi connectivity index (χ3v) is 8.07. The first-order chi connectivity index (χ1) is 19.3. The number of carbonyl (C=O) groups excluding carboxylic acids is 2. The molecular weight excluding hydrogens is 504 g/mol. The van der Waals surface area contributed by atoms with Crippen LogP contribution in [0.4, 0.5) is 25.8 Å². The van der Waals surface area contributed by atoms with Crippen molar-refractivity contribution >= 4 is 45.5 Å². The molecule has 0 radical (unpaired) electrons. The smallest absolute Gasteiger partial charge is 0.197 e. The van der Waals surface area contributed by atoms with Gasteiger partial charge in [-0.25, -0.2) is 8.78 Å². The average molecular weight is 528 g/mol. The van der Waals surface area contributed by atoms with E-state index >= 15 is 0 Å². The van der Waals surface area contributed by atoms with Gasteiger partial charge in [-0.3, -0.25) is 9.59 Å². The standard InChI is InChI=1S/C35H23F2NO2/c1-35(2)27-10-6-7-11-30(27)38(22-8-4-3-5-9-22)31-15-13-21-16-20(12-14-23(21)32(31)35)17-26-33(39)24-18-28(36)29(37)19-25(24)34(26)40/h3-19H,1-2H3. The molecule has 5 heteroatoms. The van der Waals surface area contributed by atoms with Crippen LogP contribution in [0, 0.1) is 11.6 Å². The van der Waals surface area contributed by atoms with Gasteiger partial charge in [-0.15, -0.1) is 0 Å². The van der Waals surface area contributed by atoms with Crippen LogP contribution in [0.5, 0.6) is 0 Å². The average Bonchev–Trinajstić information content (AvgIpc) is 3.17. The quantitative estimate of drug-likeness (QED) is 0.170. The fourth-order valence-corrected chi connectivity index (χ4v) is 6.20. The van der Waals surface area contributed by atoms with Gasteiger partial charge in [0.15, 0.2) is 23.2 Å². The summed E-state index contributed by atoms with van der Waals surface area (Å²) in [6.45, 7) is 4.46. The number of hydrogen-bond donors (Lipinski definition) is 0. The van der Waals surface area contributed by atoms with Crippen LogP contribution in [0.1, 0.15) is 51.3 Å². The maximum absolute atomic E-state index is 13.8. The van der Waals surface area contributed by atoms with Crippen LogP contribution in [0.2, 0.25) is 0 Å². The van der Waals surface area contributed by atoms with E-state index in [-0.39, 0.29) is 22.1 Å². The second-order valence-electron chi connectivity index (χ2n) is 10.8. The van der Waals surface area contributed by atoms with Gasteiger partial charge in [-0.05, 0) is 76.0 Å². The maximum atomic E-state index is 13.8. The second-order valence-corrected chi connectivity index (χ2v) is 10.8. The van der Waals surface area contributed by atoms with Crippen molar-refractivity contribution in [2.24, 2.45) is 0 Å². The number of halogens is 2. The topological polar surface area (TPSA) is 37.4 Å². The zero-order valence-corrected chi connectivity index (χ0v) is 21.8. The predicted octanol–water partition coefficient (Wildman–Crippen LogP) is 8.69. The first-order valence-electron chi connectivity index (χ1n) is 13.1. The lowest BCUT2D eigenvalue weighted by atomic mass is 9.71. The SMILES string of the molecule is CC1(C)c2ccccc2N(c2ccccc2)c2ccc3cc(C=C4C(=O)c5cc(F)c(F)cc5C4=O)ccc3c21. The Morgan fingerprint density at radius 2 is 1.35 bits per heavy atom. The number of carbonyl (C=O) groups is 2. The van der Waals surface area contributed by atoms with Gasteiger partial charge in [0.2, 0.25) is 0 Å². The van der Waals surface area contributed by atoms with E-state index in [0.717, 1.165) is 40.0 Å². The molecule has 0 atom stereocenters. The minimum Gasteiger partial charge on any atom is -0.310 e. The van der Waals surface area contributed by atoms with Gasteiger partial charge in [0, 0.05) is 22.2 Å². The van der Waals surface area contributed by atoms with Gasteiger partial charge in [0.25, 0.3) is 0 Å². The number of fused-ring (bicyclic) bond motifs is 5. The van der Waals surface area contributed by atoms with Crippen molar-refractivity contribution in [2.75, 3.05) is 4.90 Å². The monoisotopic (exact) mass is 527 g/mol. The summed E-state index contributed by atoms with van der Waals surface area (Å²) in [5.41, 5.74) is 5.74. The fraction of sp³-hybridized carbons (Fsp3) is 0.0857. The Morgan fingerprint density at radius 3 is 2.05 bits per heavy atom. The van der Waals surface area contributed by atoms with Gasteiger partial charge in [-0.1, -0.05) is 68.4 Å². The van der Waals surface area contributed by atoms with Crippen molar-refractivity contribution in [3.8, 4) is 0 Å². The molecule has 0 fully saturated rings. The Bertz CT molecular complexity index is 1900. The number of allylic oxidation sites excluding steroid dienone is 1. The summed E-state index contributed by atoms with van der Waals surface area (Å²) < 4.78 is 27.5. The van der Waals surface area contributed by atoms with Crippen molar-refractivity contribution < 1.29 is 18.4 Å². The van der Waals surface area contributed by atoms with Crippen LogP contribution in [0.3, 0.4) is 0 Å². The molecule has 2 aliphatic rings. The van der Waals surface area contributed by atoms with Gasteiger partial charge >= 0.3 is 0 Å². The maximum Gasteiger partial charge on any atom is 0.197 e. The minimum atomic E-state index is -1.15. The molecule has 1 aliphatic heterocycles. The minimum absolute atomic E-state index is 0.0955. The first kappa shape index (κ1) is 24.2. The van der Waals surface area contributed by atoms with E-state index in [4.69, 9.17) is 0 Å². The molecule has 194 valence electrons. The molecule has 0 unspecified atom stereocenters. The summed E-state index contributed by atoms with van der Waals surface area (Å²) >= 11 is 0. The van der Waals surface area contributed by atoms with Gasteiger partial charge in [0.05, 0.1) is 16.9 Å². The number of anilines is 3. The third-order valence-electron chi connectivity index (χ3n) is 8.07. The van der Waals surface area contributed by atoms with Crippen molar-refractivity contribution in [1.29, 1.82) is 0 Å². The van der Waals surface area contributed by atoms with E-state index < -0.39 is 23.2 Å². The van der Waals surface area contributed by atoms with Crippen molar-refractivity contribution in [3.05, 3.63) is 142 Å². The van der Waals surface area contributed by atoms with Crippen LogP contribution in [0.25, 0.3) is 16.8 Å². The van der Waals surface area contributed by atoms with E-state index in [1.54, 1.807) is 0 Å². The summed E-state index contributed by atoms with van der Waals surface area (Å²) in [7, 11) is 0. The predicted molar refractivity (Wildman–Crippen MR) is 154 cm³/mol. The van der Waals surface area contributed by atoms with E-state index in [0.29, 0.717) is 5.56 Å². The highest BCUT2D eigenvalue weighted by atomic mass is 19.2. The number of hydrogen-bond acceptors (Lipinski definition) is 3. The van der Waals surface area contributed by atoms with Crippen LogP contribution >= 0.6 is 0 Å². The lowest BCUT2D eigenvalue weighted by Crippen LogP contribution is -2.30. The molecule has 0 amide bonds. The number of ketones is 2. The molecule has 0 aromatic heterocycles. The molecule has 3 nitrogen and oxygen atoms in total. The molecule has 40 heavy (non-hydrogen) atoms. The van der Waals surface area contributed by atoms with Crippen LogP contribution in [0.15, 0.2) is 103 Å². The van der Waals surface area contributed by atoms with Gasteiger partial charge in [-0.2, -0.15) is 0 Å². The van der Waals surface area contributed by atoms with E-state index in [1.807, 2.05) is 42.5 Å². The molecule has 1 aliphatic carbocycles. The second kappa shape index (κ2) is 8.55. The van der Waals surface area contributed by atoms with Crippen LogP contribution < -0.4 is 4.90 Å². The fourth-order valence-electron chi connectivity index (χ4n) is 6.20. The van der Waals surface area contributed by atoms with Crippen molar-refractivity contribution in [3.63, 3.8) is 0 Å². The summed E-state index contributed by atoms with van der Waals surface area (Å²) in [6.07, 6.45) is 1.51. The van der Waals surface area contributed by atoms with Crippen molar-refractivity contribution in [2.45, 2.75) is 19.3 Å². The zero-order chi connectivity index (χ0) is 27.8. The van der Waals surface area contributed by atoms with E-state index in [2.05, 4.69) is 61.2 Å². The summed E-state index contributed by atoms with van der Waals surface area (Å²) in [4.78, 5) is 28.1. The van der Waals surface area contributed by atoms with E-state index in [1.165, 1.54) is 17.2 Å². The number of Topliss-reactive ketones (excluding diaryl/α,β-unsaturated/α-hetero) is 2. The Kier molecular flexibility index (Phi) is 5.17. The molecule has 0 spiro atoms. The molecule has 0 N–H and O–H groups in total. The molecule has 1 heterocycles. The molecule has 5 aromatic rings. The molecular formula is C35H23F2NO2. The number of para-hydroxylation sites is 2. The number of benzene rings is 5. The highest BCUT2D eigenvalue weighted by molar-refractivity contribution is 6.41. The summed E-state index contributed by atoms with van der Waals surface area (Å²) in [5.74, 6) is -3.49. The van der Waals surface area contributed by atoms with Gasteiger partial charge in [0.1, 0.15) is 0 Å². The van der Waals surface area contributed by atoms with Gasteiger partial charge < -0.3 is 4.90 Å². The van der Waals surface area contributed by atoms with Crippen LogP contribution in [-0.4, -0.2) is 11.6 Å². The molecule has 0 bridgehead atoms. The lowest BCUT2D eigenvalue weighted by Gasteiger charge is -2.42. The largest absolute Gasteiger partial charge is 0.310 e. The highest BCUT2D eigenvalue weighted by Gasteiger charge is 2.38. The highest BCUT2D eigenvalue weighted by Crippen LogP contribution is 2.53. The number of nitrogens with zero attached hydrogens (tertiary/aromatic N) is 1. The lowest BCUT2D eigenvalue weighted by molar-refractivity contribution is 0.0990. The van der Waals surface area contributed by atoms with Crippen LogP contribution in [-0.2, 0) is 5.41 Å². The molecule has 0 saturated heterocycles. The summed E-state index contributed by atoms with van der Waals surface area (Å²) in [6, 6.07) is 30.3. The van der Waals surface area contributed by atoms with Crippen molar-refractivity contribution in [1.82, 2.24) is 0 Å². The Balaban J connectivity index is 1.38. The third kappa shape index (κ3) is 3.40.